The van der Waals surface area contributed by atoms with Crippen LogP contribution in [0.3, 0.4) is 0 Å². The standard InChI is InChI=1S/C18H21N5O2/c1-10-17(11(2)22-21-10)15-5-4-8-23(15)18(24)20-13-6-7-14-16(9-13)25-12(3)19-14/h6-7,9,15H,4-5,8H2,1-3H3,(H,20,24)(H,21,22). The minimum absolute atomic E-state index is 0.0648. The molecule has 130 valence electrons. The van der Waals surface area contributed by atoms with Crippen LogP contribution >= 0.6 is 0 Å². The number of amides is 2. The van der Waals surface area contributed by atoms with E-state index >= 15 is 0 Å². The van der Waals surface area contributed by atoms with Crippen molar-refractivity contribution in [1.82, 2.24) is 20.1 Å². The molecule has 1 fully saturated rings. The molecule has 3 aromatic rings. The Kier molecular flexibility index (Phi) is 3.71. The van der Waals surface area contributed by atoms with Gasteiger partial charge >= 0.3 is 6.03 Å². The SMILES string of the molecule is Cc1nc2ccc(NC(=O)N3CCCC3c3c(C)n[nH]c3C)cc2o1. The fraction of sp³-hybridized carbons (Fsp3) is 0.389. The molecule has 1 atom stereocenters. The fourth-order valence-corrected chi connectivity index (χ4v) is 3.67. The number of anilines is 1. The normalized spacial score (nSPS) is 17.4. The zero-order chi connectivity index (χ0) is 17.6. The van der Waals surface area contributed by atoms with Crippen molar-refractivity contribution in [2.24, 2.45) is 0 Å². The number of H-pyrrole nitrogens is 1. The van der Waals surface area contributed by atoms with Crippen molar-refractivity contribution in [3.05, 3.63) is 41.0 Å². The second-order valence-corrected chi connectivity index (χ2v) is 6.54. The second-order valence-electron chi connectivity index (χ2n) is 6.54. The van der Waals surface area contributed by atoms with Crippen molar-refractivity contribution in [3.63, 3.8) is 0 Å². The molecule has 2 amide bonds. The van der Waals surface area contributed by atoms with Gasteiger partial charge in [-0.25, -0.2) is 9.78 Å². The predicted octanol–water partition coefficient (Wildman–Crippen LogP) is 3.85. The number of fused-ring (bicyclic) bond motifs is 1. The Labute approximate surface area is 145 Å². The number of oxazole rings is 1. The molecule has 3 heterocycles. The molecule has 1 aromatic carbocycles. The highest BCUT2D eigenvalue weighted by atomic mass is 16.3. The second kappa shape index (κ2) is 5.91. The number of likely N-dealkylation sites (tertiary alicyclic amines) is 1. The van der Waals surface area contributed by atoms with Crippen LogP contribution in [0.2, 0.25) is 0 Å². The first-order chi connectivity index (χ1) is 12.0. The van der Waals surface area contributed by atoms with E-state index in [1.165, 1.54) is 0 Å². The van der Waals surface area contributed by atoms with Crippen LogP contribution < -0.4 is 5.32 Å². The molecule has 1 aliphatic heterocycles. The summed E-state index contributed by atoms with van der Waals surface area (Å²) in [6, 6.07) is 5.48. The molecule has 0 aliphatic carbocycles. The van der Waals surface area contributed by atoms with Gasteiger partial charge < -0.3 is 14.6 Å². The van der Waals surface area contributed by atoms with Gasteiger partial charge in [-0.15, -0.1) is 0 Å². The molecule has 4 rings (SSSR count). The van der Waals surface area contributed by atoms with E-state index < -0.39 is 0 Å². The fourth-order valence-electron chi connectivity index (χ4n) is 3.67. The minimum atomic E-state index is -0.0990. The summed E-state index contributed by atoms with van der Waals surface area (Å²) in [6.07, 6.45) is 1.94. The summed E-state index contributed by atoms with van der Waals surface area (Å²) in [5, 5.41) is 10.3. The van der Waals surface area contributed by atoms with E-state index in [2.05, 4.69) is 20.5 Å². The van der Waals surface area contributed by atoms with Crippen molar-refractivity contribution in [2.75, 3.05) is 11.9 Å². The van der Waals surface area contributed by atoms with Gasteiger partial charge in [0.2, 0.25) is 0 Å². The van der Waals surface area contributed by atoms with Crippen LogP contribution in [0.4, 0.5) is 10.5 Å². The number of nitrogens with zero attached hydrogens (tertiary/aromatic N) is 3. The number of carbonyl (C=O) groups excluding carboxylic acids is 1. The van der Waals surface area contributed by atoms with Crippen LogP contribution in [0.1, 0.15) is 41.7 Å². The molecule has 2 aromatic heterocycles. The summed E-state index contributed by atoms with van der Waals surface area (Å²) in [5.74, 6) is 0.615. The van der Waals surface area contributed by atoms with E-state index in [1.54, 1.807) is 0 Å². The van der Waals surface area contributed by atoms with Gasteiger partial charge in [0.05, 0.1) is 11.7 Å². The maximum Gasteiger partial charge on any atom is 0.322 e. The highest BCUT2D eigenvalue weighted by Gasteiger charge is 2.33. The summed E-state index contributed by atoms with van der Waals surface area (Å²) >= 11 is 0. The van der Waals surface area contributed by atoms with E-state index in [1.807, 2.05) is 43.9 Å². The van der Waals surface area contributed by atoms with Gasteiger partial charge in [0.25, 0.3) is 0 Å². The molecule has 0 spiro atoms. The lowest BCUT2D eigenvalue weighted by atomic mass is 10.0. The lowest BCUT2D eigenvalue weighted by Crippen LogP contribution is -2.34. The third-order valence-corrected chi connectivity index (χ3v) is 4.78. The first-order valence-corrected chi connectivity index (χ1v) is 8.49. The van der Waals surface area contributed by atoms with E-state index in [0.29, 0.717) is 17.2 Å². The molecule has 1 aliphatic rings. The Bertz CT molecular complexity index is 923. The molecular weight excluding hydrogens is 318 g/mol. The quantitative estimate of drug-likeness (QED) is 0.742. The van der Waals surface area contributed by atoms with Gasteiger partial charge in [-0.3, -0.25) is 5.10 Å². The van der Waals surface area contributed by atoms with E-state index in [-0.39, 0.29) is 12.1 Å². The summed E-state index contributed by atoms with van der Waals surface area (Å²) in [4.78, 5) is 19.0. The molecule has 25 heavy (non-hydrogen) atoms. The van der Waals surface area contributed by atoms with E-state index in [0.717, 1.165) is 41.9 Å². The topological polar surface area (TPSA) is 87.0 Å². The van der Waals surface area contributed by atoms with Gasteiger partial charge in [-0.05, 0) is 38.8 Å². The number of nitrogens with one attached hydrogen (secondary N) is 2. The van der Waals surface area contributed by atoms with Crippen LogP contribution in [-0.2, 0) is 0 Å². The Morgan fingerprint density at radius 1 is 1.36 bits per heavy atom. The number of hydrogen-bond acceptors (Lipinski definition) is 4. The summed E-state index contributed by atoms with van der Waals surface area (Å²) in [5.41, 5.74) is 5.30. The van der Waals surface area contributed by atoms with Gasteiger partial charge in [-0.1, -0.05) is 0 Å². The zero-order valence-electron chi connectivity index (χ0n) is 14.6. The van der Waals surface area contributed by atoms with Gasteiger partial charge in [0.1, 0.15) is 5.52 Å². The van der Waals surface area contributed by atoms with Crippen LogP contribution in [0.15, 0.2) is 22.6 Å². The van der Waals surface area contributed by atoms with Crippen LogP contribution in [0.25, 0.3) is 11.1 Å². The number of aryl methyl sites for hydroxylation is 3. The Hall–Kier alpha value is -2.83. The first-order valence-electron chi connectivity index (χ1n) is 8.49. The molecule has 0 bridgehead atoms. The molecule has 7 nitrogen and oxygen atoms in total. The predicted molar refractivity (Wildman–Crippen MR) is 94.5 cm³/mol. The van der Waals surface area contributed by atoms with Crippen molar-refractivity contribution in [3.8, 4) is 0 Å². The van der Waals surface area contributed by atoms with E-state index in [9.17, 15) is 4.79 Å². The Morgan fingerprint density at radius 2 is 2.20 bits per heavy atom. The smallest absolute Gasteiger partial charge is 0.322 e. The van der Waals surface area contributed by atoms with E-state index in [4.69, 9.17) is 4.42 Å². The number of rotatable bonds is 2. The van der Waals surface area contributed by atoms with Crippen molar-refractivity contribution in [1.29, 1.82) is 0 Å². The highest BCUT2D eigenvalue weighted by molar-refractivity contribution is 5.92. The average molecular weight is 339 g/mol. The number of urea groups is 1. The lowest BCUT2D eigenvalue weighted by Gasteiger charge is -2.25. The number of aromatic amines is 1. The molecule has 1 saturated heterocycles. The third-order valence-electron chi connectivity index (χ3n) is 4.78. The monoisotopic (exact) mass is 339 g/mol. The van der Waals surface area contributed by atoms with Crippen molar-refractivity contribution < 1.29 is 9.21 Å². The van der Waals surface area contributed by atoms with Crippen LogP contribution in [0, 0.1) is 20.8 Å². The summed E-state index contributed by atoms with van der Waals surface area (Å²) in [7, 11) is 0. The summed E-state index contributed by atoms with van der Waals surface area (Å²) in [6.45, 7) is 6.53. The molecule has 0 radical (unpaired) electrons. The average Bonchev–Trinajstić information content (AvgIpc) is 3.25. The summed E-state index contributed by atoms with van der Waals surface area (Å²) < 4.78 is 5.54. The minimum Gasteiger partial charge on any atom is -0.441 e. The van der Waals surface area contributed by atoms with Gasteiger partial charge in [-0.2, -0.15) is 5.10 Å². The largest absolute Gasteiger partial charge is 0.441 e. The van der Waals surface area contributed by atoms with Crippen molar-refractivity contribution in [2.45, 2.75) is 39.7 Å². The highest BCUT2D eigenvalue weighted by Crippen LogP contribution is 2.35. The number of benzene rings is 1. The zero-order valence-corrected chi connectivity index (χ0v) is 14.6. The van der Waals surface area contributed by atoms with Crippen LogP contribution in [0.5, 0.6) is 0 Å². The number of aromatic nitrogens is 3. The van der Waals surface area contributed by atoms with Gasteiger partial charge in [0, 0.05) is 36.5 Å². The Morgan fingerprint density at radius 3 is 2.96 bits per heavy atom. The molecule has 0 saturated carbocycles. The molecule has 1 unspecified atom stereocenters. The maximum absolute atomic E-state index is 12.8. The first kappa shape index (κ1) is 15.7. The van der Waals surface area contributed by atoms with Crippen molar-refractivity contribution >= 4 is 22.8 Å². The molecular formula is C18H21N5O2. The number of carbonyl (C=O) groups is 1. The Balaban J connectivity index is 1.56. The van der Waals surface area contributed by atoms with Gasteiger partial charge in [0.15, 0.2) is 11.5 Å². The molecule has 7 heteroatoms. The third kappa shape index (κ3) is 2.75. The molecule has 2 N–H and O–H groups in total. The lowest BCUT2D eigenvalue weighted by molar-refractivity contribution is 0.207. The maximum atomic E-state index is 12.8. The van der Waals surface area contributed by atoms with Crippen LogP contribution in [-0.4, -0.2) is 32.7 Å². The number of hydrogen-bond donors (Lipinski definition) is 2.